The van der Waals surface area contributed by atoms with Crippen LogP contribution in [0.15, 0.2) is 12.1 Å². The van der Waals surface area contributed by atoms with Gasteiger partial charge < -0.3 is 18.9 Å². The minimum absolute atomic E-state index is 0.0992. The molecule has 2 aliphatic rings. The molecule has 0 N–H and O–H groups in total. The summed E-state index contributed by atoms with van der Waals surface area (Å²) in [5, 5.41) is -1.43. The fourth-order valence-electron chi connectivity index (χ4n) is 6.50. The molecule has 0 spiro atoms. The zero-order valence-electron chi connectivity index (χ0n) is 26.9. The predicted octanol–water partition coefficient (Wildman–Crippen LogP) is 10.9. The van der Waals surface area contributed by atoms with Gasteiger partial charge in [0.1, 0.15) is 11.1 Å². The second kappa shape index (κ2) is 15.9. The molecule has 2 aromatic rings. The van der Waals surface area contributed by atoms with Crippen LogP contribution in [0.1, 0.15) is 99.8 Å². The molecule has 0 unspecified atom stereocenters. The van der Waals surface area contributed by atoms with Crippen LogP contribution < -0.4 is 9.47 Å². The van der Waals surface area contributed by atoms with Crippen molar-refractivity contribution in [2.75, 3.05) is 13.2 Å². The second-order valence-corrected chi connectivity index (χ2v) is 15.1. The fourth-order valence-corrected chi connectivity index (χ4v) is 7.93. The minimum Gasteiger partial charge on any atom is -0.461 e. The van der Waals surface area contributed by atoms with Crippen molar-refractivity contribution >= 4 is 93.5 Å². The number of rotatable bonds is 12. The van der Waals surface area contributed by atoms with E-state index in [9.17, 15) is 19.2 Å². The number of benzene rings is 2. The lowest BCUT2D eigenvalue weighted by Crippen LogP contribution is -2.41. The maximum Gasteiger partial charge on any atom is 0.423 e. The Morgan fingerprint density at radius 1 is 0.604 bits per heavy atom. The normalized spacial score (nSPS) is 23.0. The van der Waals surface area contributed by atoms with Gasteiger partial charge in [0.05, 0.1) is 43.3 Å². The Labute approximate surface area is 309 Å². The molecule has 2 fully saturated rings. The van der Waals surface area contributed by atoms with Crippen molar-refractivity contribution in [2.45, 2.75) is 79.1 Å². The fraction of sp³-hybridized carbons (Fsp3) is 0.529. The van der Waals surface area contributed by atoms with Gasteiger partial charge in [-0.3, -0.25) is 0 Å². The Balaban J connectivity index is 1.54. The molecule has 48 heavy (non-hydrogen) atoms. The molecule has 14 heteroatoms. The van der Waals surface area contributed by atoms with E-state index in [0.29, 0.717) is 11.8 Å². The molecule has 4 rings (SSSR count). The van der Waals surface area contributed by atoms with Crippen LogP contribution in [0.4, 0.5) is 0 Å². The molecule has 0 radical (unpaired) electrons. The van der Waals surface area contributed by atoms with Crippen LogP contribution in [0.3, 0.4) is 0 Å². The van der Waals surface area contributed by atoms with E-state index in [4.69, 9.17) is 88.6 Å². The number of hydrogen-bond donors (Lipinski definition) is 0. The lowest BCUT2D eigenvalue weighted by molar-refractivity contribution is -0.156. The largest absolute Gasteiger partial charge is 0.461 e. The maximum absolute atomic E-state index is 13.3. The molecule has 0 atom stereocenters. The Hall–Kier alpha value is -1.94. The monoisotopic (exact) mass is 782 g/mol. The van der Waals surface area contributed by atoms with E-state index in [1.165, 1.54) is 0 Å². The third-order valence-electron chi connectivity index (χ3n) is 9.78. The van der Waals surface area contributed by atoms with Gasteiger partial charge in [-0.1, -0.05) is 110 Å². The van der Waals surface area contributed by atoms with E-state index in [2.05, 4.69) is 13.8 Å². The Bertz CT molecular complexity index is 1480. The van der Waals surface area contributed by atoms with Gasteiger partial charge in [0, 0.05) is 10.8 Å². The lowest BCUT2D eigenvalue weighted by atomic mass is 9.60. The van der Waals surface area contributed by atoms with Crippen molar-refractivity contribution < 1.29 is 38.1 Å². The molecule has 0 amide bonds. The Morgan fingerprint density at radius 3 is 1.23 bits per heavy atom. The first-order valence-corrected chi connectivity index (χ1v) is 18.0. The van der Waals surface area contributed by atoms with Crippen molar-refractivity contribution in [3.05, 3.63) is 53.4 Å². The third kappa shape index (κ3) is 8.16. The minimum atomic E-state index is -1.63. The summed E-state index contributed by atoms with van der Waals surface area (Å²) in [6, 6.07) is 2.28. The van der Waals surface area contributed by atoms with E-state index in [0.717, 1.165) is 63.5 Å². The molecule has 2 aliphatic carbocycles. The van der Waals surface area contributed by atoms with Crippen LogP contribution in [-0.2, 0) is 19.1 Å². The molecular weight excluding hydrogens is 749 g/mol. The molecule has 0 heterocycles. The number of carbonyl (C=O) groups is 4. The molecular formula is C34H36Cl6O8. The van der Waals surface area contributed by atoms with E-state index in [1.807, 2.05) is 13.8 Å². The zero-order valence-corrected chi connectivity index (χ0v) is 31.4. The van der Waals surface area contributed by atoms with Gasteiger partial charge in [-0.2, -0.15) is 0 Å². The smallest absolute Gasteiger partial charge is 0.423 e. The summed E-state index contributed by atoms with van der Waals surface area (Å²) >= 11 is 37.7. The summed E-state index contributed by atoms with van der Waals surface area (Å²) in [5.74, 6) is -5.22. The first-order chi connectivity index (χ1) is 22.6. The van der Waals surface area contributed by atoms with Crippen molar-refractivity contribution in [2.24, 2.45) is 22.7 Å². The van der Waals surface area contributed by atoms with Crippen LogP contribution in [0.2, 0.25) is 30.1 Å². The van der Waals surface area contributed by atoms with Gasteiger partial charge >= 0.3 is 23.9 Å². The molecule has 0 aromatic heterocycles. The lowest BCUT2D eigenvalue weighted by Gasteiger charge is -2.46. The maximum atomic E-state index is 13.3. The van der Waals surface area contributed by atoms with Crippen molar-refractivity contribution in [1.29, 1.82) is 0 Å². The van der Waals surface area contributed by atoms with E-state index in [-0.39, 0.29) is 54.2 Å². The van der Waals surface area contributed by atoms with Crippen LogP contribution >= 0.6 is 69.6 Å². The summed E-state index contributed by atoms with van der Waals surface area (Å²) in [6.45, 7) is 8.45. The van der Waals surface area contributed by atoms with Gasteiger partial charge in [-0.25, -0.2) is 19.2 Å². The number of ether oxygens (including phenoxy) is 4. The summed E-state index contributed by atoms with van der Waals surface area (Å²) in [6.07, 6.45) is 7.23. The summed E-state index contributed by atoms with van der Waals surface area (Å²) in [4.78, 5) is 52.8. The van der Waals surface area contributed by atoms with Gasteiger partial charge in [0.15, 0.2) is 11.5 Å². The highest BCUT2D eigenvalue weighted by Gasteiger charge is 2.44. The van der Waals surface area contributed by atoms with Crippen LogP contribution in [-0.4, -0.2) is 37.1 Å². The number of halogens is 6. The topological polar surface area (TPSA) is 105 Å². The SMILES string of the molecule is CCC1CC(CC)(COC(=O)c2c(Cl)c(Cl)cc(Cl)c2OC(=O)C(=O)Oc2c(Cl)cc(Cl)c(Cl)c2C(=O)OCC2(CC)CC(CC)C2)C1. The quantitative estimate of drug-likeness (QED) is 0.0907. The average molecular weight is 785 g/mol. The van der Waals surface area contributed by atoms with Crippen LogP contribution in [0.5, 0.6) is 11.5 Å². The highest BCUT2D eigenvalue weighted by atomic mass is 35.5. The molecule has 8 nitrogen and oxygen atoms in total. The molecule has 0 aliphatic heterocycles. The van der Waals surface area contributed by atoms with Crippen molar-refractivity contribution in [3.8, 4) is 11.5 Å². The van der Waals surface area contributed by atoms with E-state index in [1.54, 1.807) is 0 Å². The zero-order chi connectivity index (χ0) is 35.6. The van der Waals surface area contributed by atoms with E-state index < -0.39 is 46.5 Å². The highest BCUT2D eigenvalue weighted by Crippen LogP contribution is 2.51. The molecule has 2 saturated carbocycles. The molecule has 2 aromatic carbocycles. The van der Waals surface area contributed by atoms with Gasteiger partial charge in [0.2, 0.25) is 0 Å². The van der Waals surface area contributed by atoms with Crippen molar-refractivity contribution in [1.82, 2.24) is 0 Å². The first-order valence-electron chi connectivity index (χ1n) is 15.8. The average Bonchev–Trinajstić information content (AvgIpc) is 3.01. The number of carbonyl (C=O) groups excluding carboxylic acids is 4. The summed E-state index contributed by atoms with van der Waals surface area (Å²) in [5.41, 5.74) is -1.26. The summed E-state index contributed by atoms with van der Waals surface area (Å²) in [7, 11) is 0. The Morgan fingerprint density at radius 2 is 0.938 bits per heavy atom. The summed E-state index contributed by atoms with van der Waals surface area (Å²) < 4.78 is 21.7. The standard InChI is InChI=1S/C34H36Cl6O8/c1-5-17-11-33(7-3,12-17)15-45-29(41)23-25(39)19(35)9-21(37)27(23)47-31(43)32(44)48-28-22(38)10-20(36)26(40)24(28)30(42)46-16-34(8-4)13-18(6-2)14-34/h9-10,17-18H,5-8,11-16H2,1-4H3. The van der Waals surface area contributed by atoms with Crippen LogP contribution in [0, 0.1) is 22.7 Å². The number of hydrogen-bond acceptors (Lipinski definition) is 8. The third-order valence-corrected chi connectivity index (χ3v) is 11.9. The number of esters is 4. The van der Waals surface area contributed by atoms with Crippen LogP contribution in [0.25, 0.3) is 0 Å². The van der Waals surface area contributed by atoms with Gasteiger partial charge in [0.25, 0.3) is 0 Å². The van der Waals surface area contributed by atoms with E-state index >= 15 is 0 Å². The van der Waals surface area contributed by atoms with Crippen molar-refractivity contribution in [3.63, 3.8) is 0 Å². The Kier molecular flexibility index (Phi) is 12.9. The molecule has 0 saturated heterocycles. The highest BCUT2D eigenvalue weighted by molar-refractivity contribution is 6.47. The molecule has 0 bridgehead atoms. The van der Waals surface area contributed by atoms with Gasteiger partial charge in [-0.05, 0) is 62.5 Å². The van der Waals surface area contributed by atoms with Gasteiger partial charge in [-0.15, -0.1) is 0 Å². The predicted molar refractivity (Wildman–Crippen MR) is 186 cm³/mol. The first kappa shape index (κ1) is 38.9. The second-order valence-electron chi connectivity index (χ2n) is 12.7. The molecule has 262 valence electrons.